The van der Waals surface area contributed by atoms with Gasteiger partial charge in [0.2, 0.25) is 11.8 Å². The molecule has 2 amide bonds. The summed E-state index contributed by atoms with van der Waals surface area (Å²) in [6.45, 7) is 1.98. The fourth-order valence-electron chi connectivity index (χ4n) is 1.86. The van der Waals surface area contributed by atoms with Crippen LogP contribution in [0.5, 0.6) is 0 Å². The molecule has 0 aromatic heterocycles. The summed E-state index contributed by atoms with van der Waals surface area (Å²) in [5.41, 5.74) is 0. The number of carbonyl (C=O) groups is 2. The lowest BCUT2D eigenvalue weighted by atomic mass is 9.98. The molecule has 1 aliphatic rings. The summed E-state index contributed by atoms with van der Waals surface area (Å²) in [5.74, 6) is 0.0667. The lowest BCUT2D eigenvalue weighted by Crippen LogP contribution is -2.43. The highest BCUT2D eigenvalue weighted by Gasteiger charge is 2.23. The minimum absolute atomic E-state index is 0.0494. The van der Waals surface area contributed by atoms with Crippen LogP contribution < -0.4 is 10.6 Å². The number of amides is 2. The predicted molar refractivity (Wildman–Crippen MR) is 64.5 cm³/mol. The first kappa shape index (κ1) is 14.0. The number of piperidine rings is 1. The van der Waals surface area contributed by atoms with Gasteiger partial charge in [-0.3, -0.25) is 9.59 Å². The first-order chi connectivity index (χ1) is 8.24. The van der Waals surface area contributed by atoms with Crippen molar-refractivity contribution in [3.05, 3.63) is 0 Å². The zero-order valence-corrected chi connectivity index (χ0v) is 10.5. The van der Waals surface area contributed by atoms with Gasteiger partial charge in [0.05, 0.1) is 5.92 Å². The van der Waals surface area contributed by atoms with E-state index >= 15 is 0 Å². The zero-order chi connectivity index (χ0) is 12.5. The zero-order valence-electron chi connectivity index (χ0n) is 10.5. The maximum Gasteiger partial charge on any atom is 0.224 e. The second kappa shape index (κ2) is 8.06. The molecule has 1 fully saturated rings. The second-order valence-electron chi connectivity index (χ2n) is 4.38. The molecule has 5 heteroatoms. The maximum absolute atomic E-state index is 11.7. The van der Waals surface area contributed by atoms with Crippen LogP contribution >= 0.6 is 0 Å². The number of hydrogen-bond donors (Lipinski definition) is 2. The predicted octanol–water partition coefficient (Wildman–Crippen LogP) is 0.446. The quantitative estimate of drug-likeness (QED) is 0.637. The number of methoxy groups -OCH3 is 1. The topological polar surface area (TPSA) is 67.4 Å². The Morgan fingerprint density at radius 2 is 2.29 bits per heavy atom. The average Bonchev–Trinajstić information content (AvgIpc) is 2.34. The molecular weight excluding hydrogens is 220 g/mol. The van der Waals surface area contributed by atoms with Gasteiger partial charge in [0, 0.05) is 33.2 Å². The lowest BCUT2D eigenvalue weighted by Gasteiger charge is -2.21. The van der Waals surface area contributed by atoms with E-state index in [2.05, 4.69) is 10.6 Å². The van der Waals surface area contributed by atoms with E-state index in [0.717, 1.165) is 25.9 Å². The molecule has 1 atom stereocenters. The molecule has 1 saturated heterocycles. The molecule has 1 aliphatic heterocycles. The van der Waals surface area contributed by atoms with Crippen LogP contribution in [0.4, 0.5) is 0 Å². The van der Waals surface area contributed by atoms with Gasteiger partial charge < -0.3 is 15.4 Å². The van der Waals surface area contributed by atoms with E-state index in [9.17, 15) is 9.59 Å². The highest BCUT2D eigenvalue weighted by molar-refractivity contribution is 5.83. The normalized spacial score (nSPS) is 19.8. The van der Waals surface area contributed by atoms with Crippen molar-refractivity contribution >= 4 is 11.8 Å². The minimum Gasteiger partial charge on any atom is -0.385 e. The van der Waals surface area contributed by atoms with Crippen LogP contribution in [0.3, 0.4) is 0 Å². The van der Waals surface area contributed by atoms with Gasteiger partial charge in [0.15, 0.2) is 0 Å². The van der Waals surface area contributed by atoms with Crippen molar-refractivity contribution in [2.24, 2.45) is 5.92 Å². The molecule has 0 spiro atoms. The molecule has 2 N–H and O–H groups in total. The molecule has 17 heavy (non-hydrogen) atoms. The fraction of sp³-hybridized carbons (Fsp3) is 0.833. The van der Waals surface area contributed by atoms with Gasteiger partial charge in [-0.1, -0.05) is 0 Å². The largest absolute Gasteiger partial charge is 0.385 e. The van der Waals surface area contributed by atoms with Gasteiger partial charge >= 0.3 is 0 Å². The average molecular weight is 242 g/mol. The standard InChI is InChI=1S/C12H22N2O3/c1-17-8-4-2-3-7-13-12(16)10-5-6-11(15)14-9-10/h10H,2-9H2,1H3,(H,13,16)(H,14,15). The molecule has 0 aliphatic carbocycles. The Labute approximate surface area is 102 Å². The van der Waals surface area contributed by atoms with Gasteiger partial charge in [-0.25, -0.2) is 0 Å². The molecule has 5 nitrogen and oxygen atoms in total. The lowest BCUT2D eigenvalue weighted by molar-refractivity contribution is -0.128. The van der Waals surface area contributed by atoms with E-state index in [4.69, 9.17) is 4.74 Å². The van der Waals surface area contributed by atoms with Crippen LogP contribution in [0.15, 0.2) is 0 Å². The number of carbonyl (C=O) groups excluding carboxylic acids is 2. The Kier molecular flexibility index (Phi) is 6.62. The van der Waals surface area contributed by atoms with Crippen molar-refractivity contribution in [1.29, 1.82) is 0 Å². The Balaban J connectivity index is 2.03. The van der Waals surface area contributed by atoms with Crippen molar-refractivity contribution in [2.45, 2.75) is 32.1 Å². The summed E-state index contributed by atoms with van der Waals surface area (Å²) in [5, 5.41) is 5.63. The second-order valence-corrected chi connectivity index (χ2v) is 4.38. The maximum atomic E-state index is 11.7. The van der Waals surface area contributed by atoms with E-state index < -0.39 is 0 Å². The van der Waals surface area contributed by atoms with Crippen LogP contribution in [-0.4, -0.2) is 38.6 Å². The molecule has 1 unspecified atom stereocenters. The van der Waals surface area contributed by atoms with E-state index in [1.165, 1.54) is 0 Å². The van der Waals surface area contributed by atoms with E-state index in [1.54, 1.807) is 7.11 Å². The Bertz CT molecular complexity index is 246. The van der Waals surface area contributed by atoms with Gasteiger partial charge in [-0.05, 0) is 25.7 Å². The molecule has 98 valence electrons. The van der Waals surface area contributed by atoms with Crippen molar-refractivity contribution in [2.75, 3.05) is 26.8 Å². The van der Waals surface area contributed by atoms with E-state index in [-0.39, 0.29) is 17.7 Å². The monoisotopic (exact) mass is 242 g/mol. The molecular formula is C12H22N2O3. The Hall–Kier alpha value is -1.10. The third kappa shape index (κ3) is 5.68. The number of rotatable bonds is 7. The number of hydrogen-bond acceptors (Lipinski definition) is 3. The van der Waals surface area contributed by atoms with Crippen LogP contribution in [-0.2, 0) is 14.3 Å². The van der Waals surface area contributed by atoms with Crippen LogP contribution in [0, 0.1) is 5.92 Å². The molecule has 1 rings (SSSR count). The molecule has 0 radical (unpaired) electrons. The third-order valence-electron chi connectivity index (χ3n) is 2.96. The third-order valence-corrected chi connectivity index (χ3v) is 2.96. The van der Waals surface area contributed by atoms with Crippen molar-refractivity contribution in [3.63, 3.8) is 0 Å². The highest BCUT2D eigenvalue weighted by Crippen LogP contribution is 2.10. The van der Waals surface area contributed by atoms with Crippen molar-refractivity contribution in [1.82, 2.24) is 10.6 Å². The van der Waals surface area contributed by atoms with Gasteiger partial charge in [0.1, 0.15) is 0 Å². The number of unbranched alkanes of at least 4 members (excludes halogenated alkanes) is 2. The summed E-state index contributed by atoms with van der Waals surface area (Å²) in [6.07, 6.45) is 4.21. The first-order valence-corrected chi connectivity index (χ1v) is 6.27. The Morgan fingerprint density at radius 1 is 1.47 bits per heavy atom. The van der Waals surface area contributed by atoms with Gasteiger partial charge in [-0.2, -0.15) is 0 Å². The SMILES string of the molecule is COCCCCCNC(=O)C1CCC(=O)NC1. The van der Waals surface area contributed by atoms with Crippen molar-refractivity contribution in [3.8, 4) is 0 Å². The molecule has 0 saturated carbocycles. The summed E-state index contributed by atoms with van der Waals surface area (Å²) in [6, 6.07) is 0. The number of nitrogens with one attached hydrogen (secondary N) is 2. The van der Waals surface area contributed by atoms with Crippen molar-refractivity contribution < 1.29 is 14.3 Å². The van der Waals surface area contributed by atoms with Crippen LogP contribution in [0.2, 0.25) is 0 Å². The molecule has 0 aromatic carbocycles. The molecule has 1 heterocycles. The van der Waals surface area contributed by atoms with Crippen LogP contribution in [0.25, 0.3) is 0 Å². The van der Waals surface area contributed by atoms with Crippen LogP contribution in [0.1, 0.15) is 32.1 Å². The first-order valence-electron chi connectivity index (χ1n) is 6.27. The smallest absolute Gasteiger partial charge is 0.224 e. The van der Waals surface area contributed by atoms with E-state index in [1.807, 2.05) is 0 Å². The Morgan fingerprint density at radius 3 is 2.94 bits per heavy atom. The van der Waals surface area contributed by atoms with Gasteiger partial charge in [0.25, 0.3) is 0 Å². The summed E-state index contributed by atoms with van der Waals surface area (Å²) in [4.78, 5) is 22.6. The minimum atomic E-state index is -0.0494. The summed E-state index contributed by atoms with van der Waals surface area (Å²) >= 11 is 0. The van der Waals surface area contributed by atoms with Gasteiger partial charge in [-0.15, -0.1) is 0 Å². The molecule has 0 bridgehead atoms. The fourth-order valence-corrected chi connectivity index (χ4v) is 1.86. The van der Waals surface area contributed by atoms with E-state index in [0.29, 0.717) is 25.9 Å². The summed E-state index contributed by atoms with van der Waals surface area (Å²) in [7, 11) is 1.69. The summed E-state index contributed by atoms with van der Waals surface area (Å²) < 4.78 is 4.95. The number of ether oxygens (including phenoxy) is 1. The highest BCUT2D eigenvalue weighted by atomic mass is 16.5. The molecule has 0 aromatic rings.